The highest BCUT2D eigenvalue weighted by Gasteiger charge is 2.31. The van der Waals surface area contributed by atoms with E-state index in [0.29, 0.717) is 32.6 Å². The number of benzene rings is 3. The van der Waals surface area contributed by atoms with Gasteiger partial charge in [-0.25, -0.2) is 4.79 Å². The predicted octanol–water partition coefficient (Wildman–Crippen LogP) is 7.79. The van der Waals surface area contributed by atoms with Gasteiger partial charge in [-0.1, -0.05) is 48.0 Å². The fraction of sp³-hybridized carbons (Fsp3) is 0.0714. The maximum atomic E-state index is 13.3. The van der Waals surface area contributed by atoms with Gasteiger partial charge in [0.05, 0.1) is 5.56 Å². The largest absolute Gasteiger partial charge is 0.477 e. The molecule has 0 atom stereocenters. The van der Waals surface area contributed by atoms with Gasteiger partial charge < -0.3 is 9.67 Å². The monoisotopic (exact) mass is 506 g/mol. The van der Waals surface area contributed by atoms with Crippen molar-refractivity contribution in [2.24, 2.45) is 0 Å². The van der Waals surface area contributed by atoms with Crippen molar-refractivity contribution in [3.8, 4) is 22.3 Å². The summed E-state index contributed by atoms with van der Waals surface area (Å²) in [4.78, 5) is 16.7. The second-order valence-electron chi connectivity index (χ2n) is 8.29. The fourth-order valence-corrected chi connectivity index (χ4v) is 4.52. The standard InChI is InChI=1S/C28H18ClF3N2O2/c29-22-9-6-18(7-10-22)19-8-11-24-23(14-19)25(20-4-2-12-33-15-20)26(27(35)36)34(24)16-17-3-1-5-21(13-17)28(30,31)32/h1-15H,16H2,(H,35,36). The highest BCUT2D eigenvalue weighted by molar-refractivity contribution is 6.30. The van der Waals surface area contributed by atoms with Crippen molar-refractivity contribution in [3.05, 3.63) is 113 Å². The number of hydrogen-bond acceptors (Lipinski definition) is 2. The first-order valence-electron chi connectivity index (χ1n) is 10.9. The number of aromatic nitrogens is 2. The molecule has 4 nitrogen and oxygen atoms in total. The van der Waals surface area contributed by atoms with Crippen LogP contribution < -0.4 is 0 Å². The van der Waals surface area contributed by atoms with Crippen LogP contribution in [0.25, 0.3) is 33.2 Å². The maximum absolute atomic E-state index is 13.3. The number of pyridine rings is 1. The van der Waals surface area contributed by atoms with Gasteiger partial charge in [0.2, 0.25) is 0 Å². The average Bonchev–Trinajstić information content (AvgIpc) is 3.18. The van der Waals surface area contributed by atoms with Crippen molar-refractivity contribution in [3.63, 3.8) is 0 Å². The molecule has 0 saturated heterocycles. The molecular formula is C28H18ClF3N2O2. The first-order chi connectivity index (χ1) is 17.2. The molecule has 0 aliphatic heterocycles. The molecule has 5 aromatic rings. The van der Waals surface area contributed by atoms with Crippen molar-refractivity contribution in [2.45, 2.75) is 12.7 Å². The van der Waals surface area contributed by atoms with Gasteiger partial charge in [0.1, 0.15) is 5.69 Å². The summed E-state index contributed by atoms with van der Waals surface area (Å²) < 4.78 is 41.5. The third-order valence-electron chi connectivity index (χ3n) is 5.99. The molecule has 2 heterocycles. The molecule has 0 amide bonds. The number of fused-ring (bicyclic) bond motifs is 1. The molecule has 0 radical (unpaired) electrons. The topological polar surface area (TPSA) is 55.1 Å². The van der Waals surface area contributed by atoms with Crippen LogP contribution in [-0.4, -0.2) is 20.6 Å². The third kappa shape index (κ3) is 4.45. The number of carboxylic acid groups (broad SMARTS) is 1. The smallest absolute Gasteiger partial charge is 0.416 e. The number of aromatic carboxylic acids is 1. The van der Waals surface area contributed by atoms with Crippen LogP contribution in [0.15, 0.2) is 91.3 Å². The molecule has 0 unspecified atom stereocenters. The molecule has 1 N–H and O–H groups in total. The van der Waals surface area contributed by atoms with Crippen LogP contribution in [0, 0.1) is 0 Å². The molecule has 5 rings (SSSR count). The van der Waals surface area contributed by atoms with Crippen LogP contribution in [0.3, 0.4) is 0 Å². The Labute approximate surface area is 209 Å². The minimum absolute atomic E-state index is 0.0244. The van der Waals surface area contributed by atoms with Gasteiger partial charge in [-0.2, -0.15) is 13.2 Å². The van der Waals surface area contributed by atoms with E-state index in [1.165, 1.54) is 6.07 Å². The summed E-state index contributed by atoms with van der Waals surface area (Å²) >= 11 is 6.03. The first-order valence-corrected chi connectivity index (χ1v) is 11.3. The van der Waals surface area contributed by atoms with Crippen molar-refractivity contribution < 1.29 is 23.1 Å². The third-order valence-corrected chi connectivity index (χ3v) is 6.24. The van der Waals surface area contributed by atoms with E-state index in [2.05, 4.69) is 4.98 Å². The second kappa shape index (κ2) is 9.17. The van der Waals surface area contributed by atoms with E-state index in [4.69, 9.17) is 11.6 Å². The zero-order valence-corrected chi connectivity index (χ0v) is 19.4. The Morgan fingerprint density at radius 2 is 1.67 bits per heavy atom. The number of nitrogens with zero attached hydrogens (tertiary/aromatic N) is 2. The van der Waals surface area contributed by atoms with Crippen molar-refractivity contribution >= 4 is 28.5 Å². The van der Waals surface area contributed by atoms with Crippen LogP contribution in [0.4, 0.5) is 13.2 Å². The number of halogens is 4. The lowest BCUT2D eigenvalue weighted by Gasteiger charge is -2.12. The van der Waals surface area contributed by atoms with Gasteiger partial charge >= 0.3 is 12.1 Å². The molecule has 0 aliphatic carbocycles. The summed E-state index contributed by atoms with van der Waals surface area (Å²) in [6.07, 6.45) is -1.34. The number of rotatable bonds is 5. The van der Waals surface area contributed by atoms with Crippen LogP contribution >= 0.6 is 11.6 Å². The Morgan fingerprint density at radius 3 is 2.33 bits per heavy atom. The van der Waals surface area contributed by atoms with Crippen molar-refractivity contribution in [1.29, 1.82) is 0 Å². The molecule has 180 valence electrons. The first kappa shape index (κ1) is 23.6. The number of alkyl halides is 3. The Bertz CT molecular complexity index is 1580. The van der Waals surface area contributed by atoms with E-state index >= 15 is 0 Å². The maximum Gasteiger partial charge on any atom is 0.416 e. The molecule has 0 aliphatic rings. The molecule has 0 saturated carbocycles. The Balaban J connectivity index is 1.75. The lowest BCUT2D eigenvalue weighted by Crippen LogP contribution is -2.12. The van der Waals surface area contributed by atoms with E-state index < -0.39 is 17.7 Å². The molecule has 0 spiro atoms. The van der Waals surface area contributed by atoms with Crippen molar-refractivity contribution in [1.82, 2.24) is 9.55 Å². The van der Waals surface area contributed by atoms with E-state index in [0.717, 1.165) is 23.3 Å². The van der Waals surface area contributed by atoms with Crippen LogP contribution in [0.2, 0.25) is 5.02 Å². The summed E-state index contributed by atoms with van der Waals surface area (Å²) in [7, 11) is 0. The van der Waals surface area contributed by atoms with E-state index in [-0.39, 0.29) is 12.2 Å². The Kier molecular flexibility index (Phi) is 6.02. The van der Waals surface area contributed by atoms with E-state index in [1.54, 1.807) is 53.4 Å². The zero-order chi connectivity index (χ0) is 25.4. The highest BCUT2D eigenvalue weighted by Crippen LogP contribution is 2.38. The second-order valence-corrected chi connectivity index (χ2v) is 8.73. The van der Waals surface area contributed by atoms with Gasteiger partial charge in [-0.15, -0.1) is 0 Å². The van der Waals surface area contributed by atoms with Gasteiger partial charge in [-0.05, 0) is 59.2 Å². The van der Waals surface area contributed by atoms with Crippen LogP contribution in [-0.2, 0) is 12.7 Å². The van der Waals surface area contributed by atoms with Gasteiger partial charge in [0, 0.05) is 46.0 Å². The minimum atomic E-state index is -4.50. The molecule has 3 aromatic carbocycles. The molecular weight excluding hydrogens is 489 g/mol. The van der Waals surface area contributed by atoms with E-state index in [1.807, 2.05) is 24.3 Å². The Morgan fingerprint density at radius 1 is 0.917 bits per heavy atom. The average molecular weight is 507 g/mol. The van der Waals surface area contributed by atoms with Crippen LogP contribution in [0.5, 0.6) is 0 Å². The lowest BCUT2D eigenvalue weighted by molar-refractivity contribution is -0.137. The number of hydrogen-bond donors (Lipinski definition) is 1. The summed E-state index contributed by atoms with van der Waals surface area (Å²) in [5.41, 5.74) is 2.89. The normalized spacial score (nSPS) is 11.7. The highest BCUT2D eigenvalue weighted by atomic mass is 35.5. The van der Waals surface area contributed by atoms with Crippen molar-refractivity contribution in [2.75, 3.05) is 0 Å². The molecule has 8 heteroatoms. The molecule has 36 heavy (non-hydrogen) atoms. The summed E-state index contributed by atoms with van der Waals surface area (Å²) in [6, 6.07) is 21.2. The summed E-state index contributed by atoms with van der Waals surface area (Å²) in [6.45, 7) is -0.0530. The quantitative estimate of drug-likeness (QED) is 0.265. The minimum Gasteiger partial charge on any atom is -0.477 e. The zero-order valence-electron chi connectivity index (χ0n) is 18.6. The molecule has 2 aromatic heterocycles. The SMILES string of the molecule is O=C(O)c1c(-c2cccnc2)c2cc(-c3ccc(Cl)cc3)ccc2n1Cc1cccc(C(F)(F)F)c1. The predicted molar refractivity (Wildman–Crippen MR) is 133 cm³/mol. The van der Waals surface area contributed by atoms with Gasteiger partial charge in [0.15, 0.2) is 0 Å². The summed E-state index contributed by atoms with van der Waals surface area (Å²) in [5.74, 6) is -1.19. The fourth-order valence-electron chi connectivity index (χ4n) is 4.39. The molecule has 0 fully saturated rings. The summed E-state index contributed by atoms with van der Waals surface area (Å²) in [5, 5.41) is 11.5. The lowest BCUT2D eigenvalue weighted by atomic mass is 9.99. The molecule has 0 bridgehead atoms. The van der Waals surface area contributed by atoms with E-state index in [9.17, 15) is 23.1 Å². The van der Waals surface area contributed by atoms with Gasteiger partial charge in [0.25, 0.3) is 0 Å². The van der Waals surface area contributed by atoms with Gasteiger partial charge in [-0.3, -0.25) is 4.98 Å². The number of carbonyl (C=O) groups is 1. The number of carboxylic acids is 1. The Hall–Kier alpha value is -4.10. The van der Waals surface area contributed by atoms with Crippen LogP contribution in [0.1, 0.15) is 21.6 Å².